The van der Waals surface area contributed by atoms with Crippen LogP contribution in [0.25, 0.3) is 0 Å². The Hall–Kier alpha value is -0.610. The van der Waals surface area contributed by atoms with E-state index in [1.807, 2.05) is 4.90 Å². The minimum absolute atomic E-state index is 0.0412. The van der Waals surface area contributed by atoms with Gasteiger partial charge in [-0.05, 0) is 26.2 Å². The highest BCUT2D eigenvalue weighted by atomic mass is 16.5. The molecular weight excluding hydrogens is 216 g/mol. The third-order valence-electron chi connectivity index (χ3n) is 3.78. The average molecular weight is 240 g/mol. The first-order chi connectivity index (χ1) is 8.22. The monoisotopic (exact) mass is 240 g/mol. The summed E-state index contributed by atoms with van der Waals surface area (Å²) < 4.78 is 5.48. The summed E-state index contributed by atoms with van der Waals surface area (Å²) in [5.74, 6) is 0.808. The summed E-state index contributed by atoms with van der Waals surface area (Å²) in [6.07, 6.45) is 4.50. The Morgan fingerprint density at radius 1 is 1.53 bits per heavy atom. The molecule has 4 nitrogen and oxygen atoms in total. The van der Waals surface area contributed by atoms with Crippen molar-refractivity contribution in [1.82, 2.24) is 10.2 Å². The Labute approximate surface area is 104 Å². The second-order valence-electron chi connectivity index (χ2n) is 5.26. The molecule has 4 heteroatoms. The van der Waals surface area contributed by atoms with Crippen LogP contribution in [-0.4, -0.2) is 42.8 Å². The summed E-state index contributed by atoms with van der Waals surface area (Å²) in [5.41, 5.74) is 0. The SMILES string of the molecule is CCCC1NC(C)N(CC2CCCOC2)C1=O. The van der Waals surface area contributed by atoms with Gasteiger partial charge in [-0.15, -0.1) is 0 Å². The first-order valence-corrected chi connectivity index (χ1v) is 6.86. The van der Waals surface area contributed by atoms with Gasteiger partial charge in [0.1, 0.15) is 0 Å². The van der Waals surface area contributed by atoms with E-state index in [9.17, 15) is 4.79 Å². The number of nitrogens with one attached hydrogen (secondary N) is 1. The molecule has 2 heterocycles. The predicted octanol–water partition coefficient (Wildman–Crippen LogP) is 1.36. The molecule has 2 rings (SSSR count). The van der Waals surface area contributed by atoms with Crippen molar-refractivity contribution in [1.29, 1.82) is 0 Å². The van der Waals surface area contributed by atoms with Crippen LogP contribution in [0.4, 0.5) is 0 Å². The summed E-state index contributed by atoms with van der Waals surface area (Å²) in [5, 5.41) is 3.38. The highest BCUT2D eigenvalue weighted by molar-refractivity contribution is 5.84. The molecule has 2 aliphatic heterocycles. The zero-order valence-corrected chi connectivity index (χ0v) is 10.9. The number of carbonyl (C=O) groups is 1. The molecule has 2 fully saturated rings. The van der Waals surface area contributed by atoms with Gasteiger partial charge in [-0.25, -0.2) is 0 Å². The molecule has 98 valence electrons. The predicted molar refractivity (Wildman–Crippen MR) is 66.5 cm³/mol. The number of hydrogen-bond donors (Lipinski definition) is 1. The second-order valence-corrected chi connectivity index (χ2v) is 5.26. The maximum Gasteiger partial charge on any atom is 0.241 e. The highest BCUT2D eigenvalue weighted by Crippen LogP contribution is 2.20. The molecule has 0 aromatic heterocycles. The summed E-state index contributed by atoms with van der Waals surface area (Å²) >= 11 is 0. The Morgan fingerprint density at radius 2 is 2.35 bits per heavy atom. The van der Waals surface area contributed by atoms with Gasteiger partial charge in [0.25, 0.3) is 0 Å². The molecule has 0 aliphatic carbocycles. The molecule has 0 radical (unpaired) electrons. The Morgan fingerprint density at radius 3 is 3.00 bits per heavy atom. The quantitative estimate of drug-likeness (QED) is 0.806. The summed E-state index contributed by atoms with van der Waals surface area (Å²) in [6.45, 7) is 6.76. The third-order valence-corrected chi connectivity index (χ3v) is 3.78. The van der Waals surface area contributed by atoms with Crippen molar-refractivity contribution in [3.05, 3.63) is 0 Å². The van der Waals surface area contributed by atoms with Crippen LogP contribution in [0, 0.1) is 5.92 Å². The number of ether oxygens (including phenoxy) is 1. The van der Waals surface area contributed by atoms with Crippen LogP contribution in [0.2, 0.25) is 0 Å². The van der Waals surface area contributed by atoms with E-state index in [0.29, 0.717) is 5.92 Å². The van der Waals surface area contributed by atoms with E-state index in [2.05, 4.69) is 19.2 Å². The van der Waals surface area contributed by atoms with Gasteiger partial charge in [0, 0.05) is 19.1 Å². The van der Waals surface area contributed by atoms with Crippen molar-refractivity contribution in [2.24, 2.45) is 5.92 Å². The fourth-order valence-electron chi connectivity index (χ4n) is 2.82. The number of hydrogen-bond acceptors (Lipinski definition) is 3. The van der Waals surface area contributed by atoms with Crippen LogP contribution in [0.3, 0.4) is 0 Å². The maximum atomic E-state index is 12.2. The molecule has 3 atom stereocenters. The minimum Gasteiger partial charge on any atom is -0.381 e. The van der Waals surface area contributed by atoms with Crippen molar-refractivity contribution in [2.75, 3.05) is 19.8 Å². The number of carbonyl (C=O) groups excluding carboxylic acids is 1. The van der Waals surface area contributed by atoms with E-state index < -0.39 is 0 Å². The van der Waals surface area contributed by atoms with Gasteiger partial charge in [-0.1, -0.05) is 13.3 Å². The Kier molecular flexibility index (Phi) is 4.40. The van der Waals surface area contributed by atoms with Crippen LogP contribution in [0.1, 0.15) is 39.5 Å². The van der Waals surface area contributed by atoms with Gasteiger partial charge in [-0.2, -0.15) is 0 Å². The van der Waals surface area contributed by atoms with E-state index in [4.69, 9.17) is 4.74 Å². The fourth-order valence-corrected chi connectivity index (χ4v) is 2.82. The molecule has 17 heavy (non-hydrogen) atoms. The molecule has 3 unspecified atom stereocenters. The molecule has 2 saturated heterocycles. The number of rotatable bonds is 4. The molecule has 0 spiro atoms. The third kappa shape index (κ3) is 2.99. The lowest BCUT2D eigenvalue weighted by atomic mass is 10.0. The van der Waals surface area contributed by atoms with Gasteiger partial charge in [0.05, 0.1) is 18.8 Å². The van der Waals surface area contributed by atoms with Crippen LogP contribution < -0.4 is 5.32 Å². The van der Waals surface area contributed by atoms with Crippen LogP contribution in [-0.2, 0) is 9.53 Å². The smallest absolute Gasteiger partial charge is 0.241 e. The van der Waals surface area contributed by atoms with Gasteiger partial charge in [0.15, 0.2) is 0 Å². The summed E-state index contributed by atoms with van der Waals surface area (Å²) in [4.78, 5) is 14.2. The average Bonchev–Trinajstić information content (AvgIpc) is 2.59. The second kappa shape index (κ2) is 5.83. The van der Waals surface area contributed by atoms with Gasteiger partial charge < -0.3 is 9.64 Å². The largest absolute Gasteiger partial charge is 0.381 e. The van der Waals surface area contributed by atoms with E-state index in [0.717, 1.165) is 39.0 Å². The number of nitrogens with zero attached hydrogens (tertiary/aromatic N) is 1. The van der Waals surface area contributed by atoms with E-state index in [-0.39, 0.29) is 18.1 Å². The molecular formula is C13H24N2O2. The van der Waals surface area contributed by atoms with Crippen LogP contribution in [0.5, 0.6) is 0 Å². The van der Waals surface area contributed by atoms with Gasteiger partial charge in [0.2, 0.25) is 5.91 Å². The van der Waals surface area contributed by atoms with Crippen molar-refractivity contribution < 1.29 is 9.53 Å². The van der Waals surface area contributed by atoms with Crippen molar-refractivity contribution >= 4 is 5.91 Å². The minimum atomic E-state index is 0.0412. The molecule has 2 aliphatic rings. The molecule has 0 aromatic carbocycles. The molecule has 1 N–H and O–H groups in total. The zero-order chi connectivity index (χ0) is 12.3. The van der Waals surface area contributed by atoms with Crippen molar-refractivity contribution in [3.63, 3.8) is 0 Å². The molecule has 1 amide bonds. The van der Waals surface area contributed by atoms with Gasteiger partial charge in [-0.3, -0.25) is 10.1 Å². The lowest BCUT2D eigenvalue weighted by molar-refractivity contribution is -0.131. The first-order valence-electron chi connectivity index (χ1n) is 6.86. The molecule has 0 bridgehead atoms. The summed E-state index contributed by atoms with van der Waals surface area (Å²) in [7, 11) is 0. The van der Waals surface area contributed by atoms with E-state index in [1.165, 1.54) is 6.42 Å². The maximum absolute atomic E-state index is 12.2. The highest BCUT2D eigenvalue weighted by Gasteiger charge is 2.36. The lowest BCUT2D eigenvalue weighted by Crippen LogP contribution is -2.40. The van der Waals surface area contributed by atoms with Crippen LogP contribution >= 0.6 is 0 Å². The Balaban J connectivity index is 1.88. The molecule has 0 aromatic rings. The topological polar surface area (TPSA) is 41.6 Å². The first kappa shape index (κ1) is 12.8. The van der Waals surface area contributed by atoms with Crippen LogP contribution in [0.15, 0.2) is 0 Å². The fraction of sp³-hybridized carbons (Fsp3) is 0.923. The van der Waals surface area contributed by atoms with Gasteiger partial charge >= 0.3 is 0 Å². The normalized spacial score (nSPS) is 34.4. The van der Waals surface area contributed by atoms with Crippen molar-refractivity contribution in [2.45, 2.75) is 51.7 Å². The summed E-state index contributed by atoms with van der Waals surface area (Å²) in [6, 6.07) is 0.0412. The lowest BCUT2D eigenvalue weighted by Gasteiger charge is -2.29. The standard InChI is InChI=1S/C13H24N2O2/c1-3-5-12-13(16)15(10(2)14-12)8-11-6-4-7-17-9-11/h10-12,14H,3-9H2,1-2H3. The van der Waals surface area contributed by atoms with Crippen molar-refractivity contribution in [3.8, 4) is 0 Å². The number of amides is 1. The molecule has 0 saturated carbocycles. The van der Waals surface area contributed by atoms with E-state index in [1.54, 1.807) is 0 Å². The van der Waals surface area contributed by atoms with E-state index >= 15 is 0 Å². The Bertz CT molecular complexity index is 264. The zero-order valence-electron chi connectivity index (χ0n) is 10.9.